The summed E-state index contributed by atoms with van der Waals surface area (Å²) >= 11 is 0. The fraction of sp³-hybridized carbons (Fsp3) is 0.644. The highest BCUT2D eigenvalue weighted by Gasteiger charge is 2.34. The number of piperazine rings is 2. The highest BCUT2D eigenvalue weighted by molar-refractivity contribution is 5.90. The third kappa shape index (κ3) is 10.9. The van der Waals surface area contributed by atoms with Gasteiger partial charge in [0.05, 0.1) is 17.2 Å². The van der Waals surface area contributed by atoms with Crippen molar-refractivity contribution in [3.05, 3.63) is 47.5 Å². The van der Waals surface area contributed by atoms with E-state index in [9.17, 15) is 27.2 Å². The molecule has 4 fully saturated rings. The monoisotopic (exact) mass is 884 g/mol. The Morgan fingerprint density at radius 2 is 1.10 bits per heavy atom. The fourth-order valence-electron chi connectivity index (χ4n) is 10.2. The summed E-state index contributed by atoms with van der Waals surface area (Å²) in [6.07, 6.45) is 8.14. The number of anilines is 2. The van der Waals surface area contributed by atoms with Crippen LogP contribution < -0.4 is 20.4 Å². The minimum absolute atomic E-state index is 0.0218. The van der Waals surface area contributed by atoms with E-state index in [1.54, 1.807) is 0 Å². The summed E-state index contributed by atoms with van der Waals surface area (Å²) in [7, 11) is 2.98. The Labute approximate surface area is 364 Å². The molecule has 2 aromatic carbocycles. The maximum absolute atomic E-state index is 14.1. The summed E-state index contributed by atoms with van der Waals surface area (Å²) in [6.45, 7) is 7.99. The van der Waals surface area contributed by atoms with Gasteiger partial charge in [-0.05, 0) is 101 Å². The topological polar surface area (TPSA) is 142 Å². The predicted molar refractivity (Wildman–Crippen MR) is 228 cm³/mol. The van der Waals surface area contributed by atoms with E-state index in [2.05, 4.69) is 30.7 Å². The highest BCUT2D eigenvalue weighted by atomic mass is 19.1. The molecule has 4 heterocycles. The number of methoxy groups -OCH3 is 2. The van der Waals surface area contributed by atoms with Crippen LogP contribution in [0, 0.1) is 35.1 Å². The van der Waals surface area contributed by atoms with E-state index < -0.39 is 35.5 Å². The van der Waals surface area contributed by atoms with Crippen LogP contribution in [0.3, 0.4) is 0 Å². The number of amides is 2. The van der Waals surface area contributed by atoms with Crippen LogP contribution in [0.2, 0.25) is 0 Å². The van der Waals surface area contributed by atoms with Crippen molar-refractivity contribution in [3.8, 4) is 0 Å². The van der Waals surface area contributed by atoms with E-state index in [-0.39, 0.29) is 41.5 Å². The first-order valence-corrected chi connectivity index (χ1v) is 22.6. The number of nitrogens with zero attached hydrogens (tertiary/aromatic N) is 6. The Bertz CT molecular complexity index is 2160. The third-order valence-electron chi connectivity index (χ3n) is 13.9. The Balaban J connectivity index is 0.691. The van der Waals surface area contributed by atoms with Crippen molar-refractivity contribution >= 4 is 45.4 Å². The molecule has 0 bridgehead atoms. The van der Waals surface area contributed by atoms with Gasteiger partial charge in [-0.2, -0.15) is 0 Å². The number of halogens is 4. The SMILES string of the molecule is COC(CC(=O)NC1CCC(CCN2CCN(c3noc4c(F)cc(F)cc34)CC2)CC1)C(OC)C(=O)NC1CCC(CCN2CCN(c3noc4c(F)cc(F)cc34)CC2)CC1. The average Bonchev–Trinajstić information content (AvgIpc) is 3.91. The summed E-state index contributed by atoms with van der Waals surface area (Å²) in [5.41, 5.74) is -0.0450. The Kier molecular flexibility index (Phi) is 14.7. The molecule has 2 aliphatic carbocycles. The van der Waals surface area contributed by atoms with Gasteiger partial charge in [0.15, 0.2) is 29.4 Å². The van der Waals surface area contributed by atoms with Gasteiger partial charge in [-0.3, -0.25) is 19.4 Å². The number of nitrogens with one attached hydrogen (secondary N) is 2. The van der Waals surface area contributed by atoms with Gasteiger partial charge in [0.1, 0.15) is 17.7 Å². The maximum Gasteiger partial charge on any atom is 0.252 e. The number of rotatable bonds is 16. The first-order chi connectivity index (χ1) is 30.5. The van der Waals surface area contributed by atoms with E-state index in [0.717, 1.165) is 116 Å². The first kappa shape index (κ1) is 45.1. The lowest BCUT2D eigenvalue weighted by atomic mass is 9.83. The number of hydrogen-bond acceptors (Lipinski definition) is 12. The average molecular weight is 885 g/mol. The summed E-state index contributed by atoms with van der Waals surface area (Å²) in [4.78, 5) is 35.6. The number of carbonyl (C=O) groups excluding carboxylic acids is 2. The molecule has 0 radical (unpaired) electrons. The molecule has 8 rings (SSSR count). The van der Waals surface area contributed by atoms with E-state index in [1.165, 1.54) is 26.4 Å². The van der Waals surface area contributed by atoms with Crippen LogP contribution in [0.25, 0.3) is 21.9 Å². The molecule has 2 saturated carbocycles. The number of benzene rings is 2. The standard InChI is InChI=1S/C45H60F4N8O6/c1-60-38(27-39(58)50-32-7-3-28(4-8-32)11-13-54-15-19-56(20-16-54)43-34-23-30(46)25-36(48)40(34)62-52-43)42(61-2)45(59)51-33-9-5-29(6-10-33)12-14-55-17-21-57(22-18-55)44-35-24-31(47)26-37(49)41(35)63-53-44/h23-26,28-29,32-33,38,42H,3-22,27H2,1-2H3,(H,50,58)(H,51,59). The zero-order valence-electron chi connectivity index (χ0n) is 36.3. The van der Waals surface area contributed by atoms with E-state index in [1.807, 2.05) is 9.80 Å². The first-order valence-electron chi connectivity index (χ1n) is 22.6. The second kappa shape index (κ2) is 20.5. The molecule has 63 heavy (non-hydrogen) atoms. The summed E-state index contributed by atoms with van der Waals surface area (Å²) in [5, 5.41) is 15.1. The van der Waals surface area contributed by atoms with Gasteiger partial charge >= 0.3 is 0 Å². The molecule has 2 aliphatic heterocycles. The minimum atomic E-state index is -0.913. The van der Waals surface area contributed by atoms with Crippen LogP contribution in [0.5, 0.6) is 0 Å². The van der Waals surface area contributed by atoms with Crippen LogP contribution in [0.15, 0.2) is 33.3 Å². The van der Waals surface area contributed by atoms with Crippen LogP contribution in [0.1, 0.15) is 70.6 Å². The van der Waals surface area contributed by atoms with Crippen LogP contribution >= 0.6 is 0 Å². The van der Waals surface area contributed by atoms with E-state index >= 15 is 0 Å². The molecule has 2 amide bonds. The van der Waals surface area contributed by atoms with Crippen molar-refractivity contribution < 1.29 is 45.7 Å². The molecule has 2 unspecified atom stereocenters. The summed E-state index contributed by atoms with van der Waals surface area (Å²) in [5.74, 6) is -1.12. The number of hydrogen-bond donors (Lipinski definition) is 2. The van der Waals surface area contributed by atoms with Crippen molar-refractivity contribution in [2.75, 3.05) is 89.5 Å². The highest BCUT2D eigenvalue weighted by Crippen LogP contribution is 2.33. The Hall–Kier alpha value is -4.52. The molecule has 14 nitrogen and oxygen atoms in total. The van der Waals surface area contributed by atoms with Gasteiger partial charge in [0.25, 0.3) is 5.91 Å². The van der Waals surface area contributed by atoms with Crippen LogP contribution in [-0.2, 0) is 19.1 Å². The molecular formula is C45H60F4N8O6. The van der Waals surface area contributed by atoms with Crippen molar-refractivity contribution in [2.45, 2.75) is 94.9 Å². The number of fused-ring (bicyclic) bond motifs is 2. The van der Waals surface area contributed by atoms with Crippen molar-refractivity contribution in [1.29, 1.82) is 0 Å². The van der Waals surface area contributed by atoms with E-state index in [0.29, 0.717) is 60.4 Å². The predicted octanol–water partition coefficient (Wildman–Crippen LogP) is 6.02. The largest absolute Gasteiger partial charge is 0.378 e. The molecule has 2 atom stereocenters. The molecule has 4 aliphatic rings. The molecule has 2 N–H and O–H groups in total. The molecule has 2 saturated heterocycles. The minimum Gasteiger partial charge on any atom is -0.378 e. The summed E-state index contributed by atoms with van der Waals surface area (Å²) in [6, 6.07) is 4.26. The van der Waals surface area contributed by atoms with Gasteiger partial charge in [-0.1, -0.05) is 10.3 Å². The number of carbonyl (C=O) groups is 2. The Morgan fingerprint density at radius 3 is 1.52 bits per heavy atom. The quantitative estimate of drug-likeness (QED) is 0.127. The van der Waals surface area contributed by atoms with Gasteiger partial charge in [0.2, 0.25) is 17.1 Å². The zero-order chi connectivity index (χ0) is 44.0. The second-order valence-electron chi connectivity index (χ2n) is 17.9. The number of ether oxygens (including phenoxy) is 2. The maximum atomic E-state index is 14.1. The lowest BCUT2D eigenvalue weighted by Gasteiger charge is -2.36. The smallest absolute Gasteiger partial charge is 0.252 e. The molecular weight excluding hydrogens is 825 g/mol. The molecule has 0 spiro atoms. The fourth-order valence-corrected chi connectivity index (χ4v) is 10.2. The number of aromatic nitrogens is 2. The zero-order valence-corrected chi connectivity index (χ0v) is 36.3. The van der Waals surface area contributed by atoms with Crippen LogP contribution in [0.4, 0.5) is 29.2 Å². The molecule has 344 valence electrons. The third-order valence-corrected chi connectivity index (χ3v) is 13.9. The molecule has 18 heteroatoms. The normalized spacial score (nSPS) is 23.9. The lowest BCUT2D eigenvalue weighted by Crippen LogP contribution is -2.50. The Morgan fingerprint density at radius 1 is 0.651 bits per heavy atom. The van der Waals surface area contributed by atoms with E-state index in [4.69, 9.17) is 18.5 Å². The molecule has 4 aromatic rings. The van der Waals surface area contributed by atoms with Crippen molar-refractivity contribution in [2.24, 2.45) is 11.8 Å². The van der Waals surface area contributed by atoms with Gasteiger partial charge in [0, 0.05) is 90.8 Å². The van der Waals surface area contributed by atoms with Gasteiger partial charge in [-0.15, -0.1) is 0 Å². The van der Waals surface area contributed by atoms with Gasteiger partial charge < -0.3 is 39.0 Å². The lowest BCUT2D eigenvalue weighted by molar-refractivity contribution is -0.143. The van der Waals surface area contributed by atoms with Crippen molar-refractivity contribution in [1.82, 2.24) is 30.7 Å². The molecule has 2 aromatic heterocycles. The summed E-state index contributed by atoms with van der Waals surface area (Å²) < 4.78 is 77.6. The van der Waals surface area contributed by atoms with Gasteiger partial charge in [-0.25, -0.2) is 17.6 Å². The second-order valence-corrected chi connectivity index (χ2v) is 17.9. The van der Waals surface area contributed by atoms with Crippen molar-refractivity contribution in [3.63, 3.8) is 0 Å². The van der Waals surface area contributed by atoms with Crippen LogP contribution in [-0.4, -0.2) is 136 Å².